The summed E-state index contributed by atoms with van der Waals surface area (Å²) in [6, 6.07) is 7.50. The monoisotopic (exact) mass is 271 g/mol. The van der Waals surface area contributed by atoms with Gasteiger partial charge in [-0.15, -0.1) is 0 Å². The van der Waals surface area contributed by atoms with E-state index in [0.717, 1.165) is 30.7 Å². The fraction of sp³-hybridized carbons (Fsp3) is 0.333. The number of benzene rings is 1. The van der Waals surface area contributed by atoms with E-state index in [1.807, 2.05) is 35.1 Å². The SMILES string of the molecule is O=C(NCCCn1cccn1)c1ccc2c(c1)CCO2. The molecule has 1 aliphatic heterocycles. The Kier molecular flexibility index (Phi) is 3.67. The van der Waals surface area contributed by atoms with Gasteiger partial charge >= 0.3 is 0 Å². The highest BCUT2D eigenvalue weighted by Crippen LogP contribution is 2.25. The lowest BCUT2D eigenvalue weighted by atomic mass is 10.1. The Labute approximate surface area is 117 Å². The molecule has 0 aliphatic carbocycles. The van der Waals surface area contributed by atoms with Gasteiger partial charge in [-0.1, -0.05) is 0 Å². The highest BCUT2D eigenvalue weighted by atomic mass is 16.5. The number of amides is 1. The molecule has 0 saturated heterocycles. The molecule has 1 aromatic heterocycles. The number of aromatic nitrogens is 2. The maximum Gasteiger partial charge on any atom is 0.251 e. The fourth-order valence-electron chi connectivity index (χ4n) is 2.31. The second-order valence-electron chi connectivity index (χ2n) is 4.80. The quantitative estimate of drug-likeness (QED) is 0.841. The number of nitrogens with one attached hydrogen (secondary N) is 1. The van der Waals surface area contributed by atoms with Crippen LogP contribution in [-0.4, -0.2) is 28.8 Å². The van der Waals surface area contributed by atoms with Crippen molar-refractivity contribution in [2.45, 2.75) is 19.4 Å². The molecule has 1 amide bonds. The Hall–Kier alpha value is -2.30. The Balaban J connectivity index is 1.49. The third kappa shape index (κ3) is 2.82. The third-order valence-corrected chi connectivity index (χ3v) is 3.36. The van der Waals surface area contributed by atoms with Gasteiger partial charge in [-0.25, -0.2) is 0 Å². The van der Waals surface area contributed by atoms with Crippen LogP contribution in [0.15, 0.2) is 36.7 Å². The molecule has 0 atom stereocenters. The van der Waals surface area contributed by atoms with Gasteiger partial charge < -0.3 is 10.1 Å². The van der Waals surface area contributed by atoms with Crippen LogP contribution in [0.1, 0.15) is 22.3 Å². The molecule has 20 heavy (non-hydrogen) atoms. The summed E-state index contributed by atoms with van der Waals surface area (Å²) in [5.74, 6) is 0.875. The maximum absolute atomic E-state index is 12.0. The van der Waals surface area contributed by atoms with Crippen molar-refractivity contribution in [3.8, 4) is 5.75 Å². The molecule has 1 N–H and O–H groups in total. The number of hydrogen-bond acceptors (Lipinski definition) is 3. The van der Waals surface area contributed by atoms with E-state index < -0.39 is 0 Å². The normalized spacial score (nSPS) is 12.8. The molecular weight excluding hydrogens is 254 g/mol. The summed E-state index contributed by atoms with van der Waals surface area (Å²) in [6.07, 6.45) is 5.42. The lowest BCUT2D eigenvalue weighted by Gasteiger charge is -2.07. The number of aryl methyl sites for hydroxylation is 1. The zero-order valence-electron chi connectivity index (χ0n) is 11.2. The number of ether oxygens (including phenoxy) is 1. The molecule has 3 rings (SSSR count). The smallest absolute Gasteiger partial charge is 0.251 e. The van der Waals surface area contributed by atoms with Gasteiger partial charge in [0.05, 0.1) is 6.61 Å². The van der Waals surface area contributed by atoms with Crippen molar-refractivity contribution in [2.24, 2.45) is 0 Å². The topological polar surface area (TPSA) is 56.2 Å². The highest BCUT2D eigenvalue weighted by molar-refractivity contribution is 5.94. The van der Waals surface area contributed by atoms with Gasteiger partial charge in [0.15, 0.2) is 0 Å². The van der Waals surface area contributed by atoms with E-state index in [9.17, 15) is 4.79 Å². The lowest BCUT2D eigenvalue weighted by Crippen LogP contribution is -2.25. The predicted octanol–water partition coefficient (Wildman–Crippen LogP) is 1.64. The Morgan fingerprint density at radius 2 is 2.40 bits per heavy atom. The summed E-state index contributed by atoms with van der Waals surface area (Å²) < 4.78 is 7.29. The molecule has 0 bridgehead atoms. The van der Waals surface area contributed by atoms with Gasteiger partial charge in [0.25, 0.3) is 5.91 Å². The fourth-order valence-corrected chi connectivity index (χ4v) is 2.31. The minimum Gasteiger partial charge on any atom is -0.493 e. The summed E-state index contributed by atoms with van der Waals surface area (Å²) in [4.78, 5) is 12.0. The van der Waals surface area contributed by atoms with Crippen LogP contribution >= 0.6 is 0 Å². The van der Waals surface area contributed by atoms with E-state index in [1.54, 1.807) is 6.20 Å². The molecule has 0 unspecified atom stereocenters. The molecule has 5 nitrogen and oxygen atoms in total. The average molecular weight is 271 g/mol. The molecule has 2 heterocycles. The first kappa shape index (κ1) is 12.7. The molecule has 0 saturated carbocycles. The summed E-state index contributed by atoms with van der Waals surface area (Å²) in [6.45, 7) is 2.17. The van der Waals surface area contributed by atoms with Crippen molar-refractivity contribution in [1.29, 1.82) is 0 Å². The van der Waals surface area contributed by atoms with Crippen LogP contribution < -0.4 is 10.1 Å². The second-order valence-corrected chi connectivity index (χ2v) is 4.80. The number of carbonyl (C=O) groups is 1. The number of hydrogen-bond donors (Lipinski definition) is 1. The summed E-state index contributed by atoms with van der Waals surface area (Å²) in [7, 11) is 0. The van der Waals surface area contributed by atoms with Crippen molar-refractivity contribution in [1.82, 2.24) is 15.1 Å². The van der Waals surface area contributed by atoms with Crippen LogP contribution in [0.3, 0.4) is 0 Å². The molecular formula is C15H17N3O2. The average Bonchev–Trinajstić information content (AvgIpc) is 3.13. The molecule has 1 aliphatic rings. The molecule has 1 aromatic carbocycles. The van der Waals surface area contributed by atoms with Gasteiger partial charge in [0.2, 0.25) is 0 Å². The largest absolute Gasteiger partial charge is 0.493 e. The van der Waals surface area contributed by atoms with Gasteiger partial charge in [-0.2, -0.15) is 5.10 Å². The lowest BCUT2D eigenvalue weighted by molar-refractivity contribution is 0.0952. The van der Waals surface area contributed by atoms with Crippen LogP contribution in [0.25, 0.3) is 0 Å². The molecule has 104 valence electrons. The van der Waals surface area contributed by atoms with Crippen LogP contribution in [0, 0.1) is 0 Å². The van der Waals surface area contributed by atoms with Gasteiger partial charge in [-0.3, -0.25) is 9.48 Å². The Bertz CT molecular complexity index is 593. The van der Waals surface area contributed by atoms with Crippen molar-refractivity contribution in [2.75, 3.05) is 13.2 Å². The van der Waals surface area contributed by atoms with Crippen molar-refractivity contribution < 1.29 is 9.53 Å². The van der Waals surface area contributed by atoms with Gasteiger partial charge in [0.1, 0.15) is 5.75 Å². The number of nitrogens with zero attached hydrogens (tertiary/aromatic N) is 2. The first-order chi connectivity index (χ1) is 9.83. The standard InChI is InChI=1S/C15H17N3O2/c19-15(16-6-1-8-18-9-2-7-17-18)13-3-4-14-12(11-13)5-10-20-14/h2-4,7,9,11H,1,5-6,8,10H2,(H,16,19). The van der Waals surface area contributed by atoms with Crippen molar-refractivity contribution in [3.05, 3.63) is 47.8 Å². The zero-order chi connectivity index (χ0) is 13.8. The minimum absolute atomic E-state index is 0.0276. The van der Waals surface area contributed by atoms with E-state index in [-0.39, 0.29) is 5.91 Å². The van der Waals surface area contributed by atoms with Gasteiger partial charge in [0, 0.05) is 37.5 Å². The van der Waals surface area contributed by atoms with Crippen LogP contribution in [-0.2, 0) is 13.0 Å². The first-order valence-corrected chi connectivity index (χ1v) is 6.84. The van der Waals surface area contributed by atoms with E-state index in [4.69, 9.17) is 4.74 Å². The van der Waals surface area contributed by atoms with Crippen LogP contribution in [0.2, 0.25) is 0 Å². The number of rotatable bonds is 5. The first-order valence-electron chi connectivity index (χ1n) is 6.84. The van der Waals surface area contributed by atoms with E-state index in [2.05, 4.69) is 10.4 Å². The summed E-state index contributed by atoms with van der Waals surface area (Å²) in [5.41, 5.74) is 1.82. The van der Waals surface area contributed by atoms with E-state index in [0.29, 0.717) is 18.7 Å². The molecule has 0 spiro atoms. The van der Waals surface area contributed by atoms with Crippen LogP contribution in [0.5, 0.6) is 5.75 Å². The molecule has 0 radical (unpaired) electrons. The number of carbonyl (C=O) groups excluding carboxylic acids is 1. The third-order valence-electron chi connectivity index (χ3n) is 3.36. The van der Waals surface area contributed by atoms with Crippen molar-refractivity contribution in [3.63, 3.8) is 0 Å². The molecule has 0 fully saturated rings. The highest BCUT2D eigenvalue weighted by Gasteiger charge is 2.14. The summed E-state index contributed by atoms with van der Waals surface area (Å²) >= 11 is 0. The predicted molar refractivity (Wildman–Crippen MR) is 74.8 cm³/mol. The van der Waals surface area contributed by atoms with Crippen LogP contribution in [0.4, 0.5) is 0 Å². The van der Waals surface area contributed by atoms with Crippen molar-refractivity contribution >= 4 is 5.91 Å². The minimum atomic E-state index is -0.0276. The number of fused-ring (bicyclic) bond motifs is 1. The zero-order valence-corrected chi connectivity index (χ0v) is 11.2. The molecule has 5 heteroatoms. The Morgan fingerprint density at radius 1 is 1.45 bits per heavy atom. The molecule has 2 aromatic rings. The second kappa shape index (κ2) is 5.77. The van der Waals surface area contributed by atoms with Gasteiger partial charge in [-0.05, 0) is 36.2 Å². The Morgan fingerprint density at radius 3 is 3.25 bits per heavy atom. The van der Waals surface area contributed by atoms with E-state index >= 15 is 0 Å². The maximum atomic E-state index is 12.0. The summed E-state index contributed by atoms with van der Waals surface area (Å²) in [5, 5.41) is 7.05. The van der Waals surface area contributed by atoms with E-state index in [1.165, 1.54) is 0 Å².